The molecule has 0 radical (unpaired) electrons. The van der Waals surface area contributed by atoms with Crippen LogP contribution >= 0.6 is 0 Å². The van der Waals surface area contributed by atoms with E-state index >= 15 is 0 Å². The van der Waals surface area contributed by atoms with Gasteiger partial charge in [0, 0.05) is 5.69 Å². The number of amides is 1. The number of carbonyl (C=O) groups excluding carboxylic acids is 3. The van der Waals surface area contributed by atoms with E-state index in [2.05, 4.69) is 21.7 Å². The van der Waals surface area contributed by atoms with Crippen molar-refractivity contribution in [3.63, 3.8) is 0 Å². The summed E-state index contributed by atoms with van der Waals surface area (Å²) >= 11 is 0. The second kappa shape index (κ2) is 15.0. The molecule has 0 fully saturated rings. The summed E-state index contributed by atoms with van der Waals surface area (Å²) in [6, 6.07) is 3.92. The highest BCUT2D eigenvalue weighted by Crippen LogP contribution is 2.18. The predicted molar refractivity (Wildman–Crippen MR) is 134 cm³/mol. The molecule has 0 aliphatic carbocycles. The highest BCUT2D eigenvalue weighted by molar-refractivity contribution is 7.89. The average molecular weight is 569 g/mol. The Hall–Kier alpha value is -2.71. The number of unbranched alkanes of at least 4 members (excludes halogenated alkanes) is 5. The Morgan fingerprint density at radius 2 is 1.55 bits per heavy atom. The van der Waals surface area contributed by atoms with Gasteiger partial charge in [0.05, 0.1) is 51.7 Å². The Balaban J connectivity index is 2.74. The fourth-order valence-electron chi connectivity index (χ4n) is 3.41. The molecule has 1 atom stereocenters. The number of sulfonamides is 1. The number of hydrogen-bond acceptors (Lipinski definition) is 7. The van der Waals surface area contributed by atoms with Crippen molar-refractivity contribution >= 4 is 33.7 Å². The van der Waals surface area contributed by atoms with Gasteiger partial charge in [0.2, 0.25) is 10.0 Å². The number of ether oxygens (including phenoxy) is 2. The maximum Gasteiger partial charge on any atom is 0.491 e. The standard InChI is InChI=1S/C24H36F3N3O7S/c1-5-6-7-8-9-10-15-36-23(33)28-18-11-13-20(14-12-18)38(34,35)29-19(17-30(2,3)4)16-21(31)37-22(32)24(25,26)27/h11-14,19,29H,5-10,15-17H2,1-4H3/p+1. The van der Waals surface area contributed by atoms with Gasteiger partial charge < -0.3 is 14.0 Å². The zero-order chi connectivity index (χ0) is 29.0. The van der Waals surface area contributed by atoms with Gasteiger partial charge in [0.1, 0.15) is 0 Å². The third-order valence-electron chi connectivity index (χ3n) is 5.08. The Labute approximate surface area is 221 Å². The largest absolute Gasteiger partial charge is 0.491 e. The summed E-state index contributed by atoms with van der Waals surface area (Å²) < 4.78 is 74.2. The van der Waals surface area contributed by atoms with Crippen molar-refractivity contribution in [2.24, 2.45) is 0 Å². The van der Waals surface area contributed by atoms with Gasteiger partial charge >= 0.3 is 24.2 Å². The van der Waals surface area contributed by atoms with E-state index in [0.29, 0.717) is 0 Å². The molecule has 1 unspecified atom stereocenters. The van der Waals surface area contributed by atoms with Gasteiger partial charge in [0.25, 0.3) is 0 Å². The first-order valence-electron chi connectivity index (χ1n) is 12.2. The highest BCUT2D eigenvalue weighted by atomic mass is 32.2. The van der Waals surface area contributed by atoms with Gasteiger partial charge in [-0.1, -0.05) is 39.0 Å². The van der Waals surface area contributed by atoms with Crippen molar-refractivity contribution in [3.05, 3.63) is 24.3 Å². The van der Waals surface area contributed by atoms with Crippen molar-refractivity contribution in [1.29, 1.82) is 0 Å². The number of carbonyl (C=O) groups is 3. The lowest BCUT2D eigenvalue weighted by atomic mass is 10.1. The molecule has 38 heavy (non-hydrogen) atoms. The molecule has 0 saturated carbocycles. The number of hydrogen-bond donors (Lipinski definition) is 2. The lowest BCUT2D eigenvalue weighted by Crippen LogP contribution is -2.50. The van der Waals surface area contributed by atoms with E-state index in [9.17, 15) is 36.0 Å². The predicted octanol–water partition coefficient (Wildman–Crippen LogP) is 3.97. The monoisotopic (exact) mass is 568 g/mol. The van der Waals surface area contributed by atoms with E-state index in [1.165, 1.54) is 30.7 Å². The lowest BCUT2D eigenvalue weighted by molar-refractivity contribution is -0.871. The molecular formula is C24H37F3N3O7S+. The van der Waals surface area contributed by atoms with E-state index in [0.717, 1.165) is 32.1 Å². The Morgan fingerprint density at radius 3 is 2.11 bits per heavy atom. The van der Waals surface area contributed by atoms with E-state index in [-0.39, 0.29) is 28.2 Å². The minimum atomic E-state index is -5.36. The fraction of sp³-hybridized carbons (Fsp3) is 0.625. The van der Waals surface area contributed by atoms with Crippen molar-refractivity contribution in [2.75, 3.05) is 39.6 Å². The van der Waals surface area contributed by atoms with Crippen LogP contribution in [0.3, 0.4) is 0 Å². The van der Waals surface area contributed by atoms with Crippen LogP contribution in [0.15, 0.2) is 29.2 Å². The molecule has 0 heterocycles. The first-order valence-corrected chi connectivity index (χ1v) is 13.7. The SMILES string of the molecule is CCCCCCCCOC(=O)Nc1ccc(S(=O)(=O)NC(CC(=O)OC(=O)C(F)(F)F)C[N+](C)(C)C)cc1. The van der Waals surface area contributed by atoms with E-state index in [4.69, 9.17) is 4.74 Å². The van der Waals surface area contributed by atoms with Crippen molar-refractivity contribution < 1.29 is 49.9 Å². The molecule has 1 rings (SSSR count). The molecule has 0 aliphatic rings. The Bertz CT molecular complexity index is 1020. The fourth-order valence-corrected chi connectivity index (χ4v) is 4.64. The number of nitrogens with zero attached hydrogens (tertiary/aromatic N) is 1. The normalized spacial score (nSPS) is 13.0. The molecule has 1 amide bonds. The number of benzene rings is 1. The van der Waals surface area contributed by atoms with Crippen LogP contribution in [-0.4, -0.2) is 77.4 Å². The van der Waals surface area contributed by atoms with Crippen LogP contribution in [0.1, 0.15) is 51.9 Å². The van der Waals surface area contributed by atoms with Crippen LogP contribution < -0.4 is 10.0 Å². The number of quaternary nitrogens is 1. The summed E-state index contributed by atoms with van der Waals surface area (Å²) in [6.45, 7) is 2.39. The van der Waals surface area contributed by atoms with Gasteiger partial charge in [-0.05, 0) is 30.7 Å². The topological polar surface area (TPSA) is 128 Å². The number of rotatable bonds is 15. The van der Waals surface area contributed by atoms with Gasteiger partial charge in [-0.2, -0.15) is 13.2 Å². The zero-order valence-corrected chi connectivity index (χ0v) is 22.9. The summed E-state index contributed by atoms with van der Waals surface area (Å²) in [5.74, 6) is -4.20. The van der Waals surface area contributed by atoms with Crippen LogP contribution in [0.2, 0.25) is 0 Å². The van der Waals surface area contributed by atoms with Crippen LogP contribution in [0.5, 0.6) is 0 Å². The Morgan fingerprint density at radius 1 is 0.974 bits per heavy atom. The summed E-state index contributed by atoms with van der Waals surface area (Å²) in [6.07, 6.45) is -0.604. The van der Waals surface area contributed by atoms with Crippen molar-refractivity contribution in [2.45, 2.75) is 69.0 Å². The zero-order valence-electron chi connectivity index (χ0n) is 22.1. The first kappa shape index (κ1) is 33.3. The van der Waals surface area contributed by atoms with E-state index in [1.807, 2.05) is 0 Å². The van der Waals surface area contributed by atoms with E-state index in [1.54, 1.807) is 21.1 Å². The molecule has 0 aromatic heterocycles. The van der Waals surface area contributed by atoms with Crippen LogP contribution in [0.25, 0.3) is 0 Å². The minimum Gasteiger partial charge on any atom is -0.449 e. The molecule has 10 nitrogen and oxygen atoms in total. The van der Waals surface area contributed by atoms with Gasteiger partial charge in [-0.25, -0.2) is 22.7 Å². The second-order valence-electron chi connectivity index (χ2n) is 9.81. The maximum atomic E-state index is 12.9. The molecule has 2 N–H and O–H groups in total. The number of halogens is 3. The Kier molecular flexibility index (Phi) is 13.2. The first-order chi connectivity index (χ1) is 17.5. The van der Waals surface area contributed by atoms with Gasteiger partial charge in [-0.15, -0.1) is 0 Å². The van der Waals surface area contributed by atoms with E-state index < -0.39 is 46.7 Å². The molecule has 0 spiro atoms. The molecule has 0 bridgehead atoms. The second-order valence-corrected chi connectivity index (χ2v) is 11.5. The highest BCUT2D eigenvalue weighted by Gasteiger charge is 2.43. The lowest BCUT2D eigenvalue weighted by Gasteiger charge is -2.29. The minimum absolute atomic E-state index is 0.00137. The molecule has 1 aromatic carbocycles. The van der Waals surface area contributed by atoms with Crippen LogP contribution in [0, 0.1) is 0 Å². The van der Waals surface area contributed by atoms with Crippen molar-refractivity contribution in [3.8, 4) is 0 Å². The summed E-state index contributed by atoms with van der Waals surface area (Å²) in [4.78, 5) is 34.5. The molecule has 14 heteroatoms. The molecule has 0 saturated heterocycles. The van der Waals surface area contributed by atoms with Crippen LogP contribution in [-0.2, 0) is 29.1 Å². The van der Waals surface area contributed by atoms with Crippen LogP contribution in [0.4, 0.5) is 23.7 Å². The molecule has 0 aliphatic heterocycles. The maximum absolute atomic E-state index is 12.9. The van der Waals surface area contributed by atoms with Gasteiger partial charge in [-0.3, -0.25) is 10.1 Å². The quantitative estimate of drug-likeness (QED) is 0.142. The number of alkyl halides is 3. The summed E-state index contributed by atoms with van der Waals surface area (Å²) in [5.41, 5.74) is 0.286. The number of nitrogens with one attached hydrogen (secondary N) is 2. The number of anilines is 1. The van der Waals surface area contributed by atoms with Crippen molar-refractivity contribution in [1.82, 2.24) is 4.72 Å². The third-order valence-corrected chi connectivity index (χ3v) is 6.62. The smallest absolute Gasteiger partial charge is 0.449 e. The van der Waals surface area contributed by atoms with Gasteiger partial charge in [0.15, 0.2) is 0 Å². The molecule has 216 valence electrons. The molecular weight excluding hydrogens is 531 g/mol. The number of esters is 2. The average Bonchev–Trinajstić information content (AvgIpc) is 2.76. The summed E-state index contributed by atoms with van der Waals surface area (Å²) in [7, 11) is 0.814. The summed E-state index contributed by atoms with van der Waals surface area (Å²) in [5, 5.41) is 2.50. The molecule has 1 aromatic rings. The number of likely N-dealkylation sites (N-methyl/N-ethyl adjacent to an activating group) is 1. The third kappa shape index (κ3) is 13.7.